The molecule has 24 heavy (non-hydrogen) atoms. The van der Waals surface area contributed by atoms with E-state index in [0.717, 1.165) is 32.2 Å². The summed E-state index contributed by atoms with van der Waals surface area (Å²) < 4.78 is 5.15. The van der Waals surface area contributed by atoms with Crippen molar-refractivity contribution < 1.29 is 14.3 Å². The van der Waals surface area contributed by atoms with Gasteiger partial charge in [-0.3, -0.25) is 4.79 Å². The Morgan fingerprint density at radius 1 is 1.33 bits per heavy atom. The van der Waals surface area contributed by atoms with Crippen LogP contribution in [0.15, 0.2) is 24.3 Å². The molecule has 1 amide bonds. The number of ether oxygens (including phenoxy) is 1. The van der Waals surface area contributed by atoms with E-state index in [1.54, 1.807) is 24.3 Å². The molecular formula is C17H23N3O3S. The minimum Gasteiger partial charge on any atom is -0.462 e. The van der Waals surface area contributed by atoms with E-state index in [1.165, 1.54) is 0 Å². The van der Waals surface area contributed by atoms with Crippen LogP contribution in [0.1, 0.15) is 43.0 Å². The minimum atomic E-state index is -0.335. The van der Waals surface area contributed by atoms with Crippen molar-refractivity contribution in [3.05, 3.63) is 29.8 Å². The molecule has 1 atom stereocenters. The molecule has 2 rings (SSSR count). The maximum absolute atomic E-state index is 12.0. The normalized spacial score (nSPS) is 16.5. The van der Waals surface area contributed by atoms with E-state index in [9.17, 15) is 9.59 Å². The third-order valence-corrected chi connectivity index (χ3v) is 3.93. The van der Waals surface area contributed by atoms with Gasteiger partial charge in [0, 0.05) is 5.69 Å². The van der Waals surface area contributed by atoms with E-state index in [4.69, 9.17) is 17.0 Å². The number of carbonyl (C=O) groups is 2. The fraction of sp³-hybridized carbons (Fsp3) is 0.471. The number of amides is 1. The summed E-state index contributed by atoms with van der Waals surface area (Å²) in [6, 6.07) is 6.61. The van der Waals surface area contributed by atoms with Crippen molar-refractivity contribution in [2.45, 2.75) is 38.6 Å². The van der Waals surface area contributed by atoms with Gasteiger partial charge in [0.25, 0.3) is 0 Å². The largest absolute Gasteiger partial charge is 0.462 e. The van der Waals surface area contributed by atoms with Crippen LogP contribution in [0.25, 0.3) is 0 Å². The van der Waals surface area contributed by atoms with Gasteiger partial charge < -0.3 is 20.7 Å². The number of nitrogens with one attached hydrogen (secondary N) is 3. The molecule has 1 unspecified atom stereocenters. The monoisotopic (exact) mass is 349 g/mol. The first-order chi connectivity index (χ1) is 11.6. The molecule has 1 aromatic rings. The number of benzene rings is 1. The molecule has 1 heterocycles. The van der Waals surface area contributed by atoms with Gasteiger partial charge in [-0.2, -0.15) is 0 Å². The SMILES string of the molecule is CCCCOC(=O)c1ccc(NC(=S)NC(=O)C2CCCN2)cc1. The smallest absolute Gasteiger partial charge is 0.338 e. The third kappa shape index (κ3) is 5.58. The van der Waals surface area contributed by atoms with Gasteiger partial charge in [-0.15, -0.1) is 0 Å². The van der Waals surface area contributed by atoms with Gasteiger partial charge in [-0.1, -0.05) is 13.3 Å². The summed E-state index contributed by atoms with van der Waals surface area (Å²) in [5.74, 6) is -0.459. The fourth-order valence-electron chi connectivity index (χ4n) is 2.35. The molecule has 6 nitrogen and oxygen atoms in total. The first kappa shape index (κ1) is 18.4. The molecule has 0 spiro atoms. The number of esters is 1. The summed E-state index contributed by atoms with van der Waals surface area (Å²) in [5.41, 5.74) is 1.19. The van der Waals surface area contributed by atoms with E-state index in [2.05, 4.69) is 16.0 Å². The predicted molar refractivity (Wildman–Crippen MR) is 97.0 cm³/mol. The molecule has 0 bridgehead atoms. The maximum Gasteiger partial charge on any atom is 0.338 e. The summed E-state index contributed by atoms with van der Waals surface area (Å²) in [4.78, 5) is 23.8. The summed E-state index contributed by atoms with van der Waals surface area (Å²) in [5, 5.41) is 8.96. The highest BCUT2D eigenvalue weighted by Crippen LogP contribution is 2.11. The second-order valence-electron chi connectivity index (χ2n) is 5.66. The van der Waals surface area contributed by atoms with Crippen LogP contribution in [0.3, 0.4) is 0 Å². The molecule has 1 aliphatic heterocycles. The fourth-order valence-corrected chi connectivity index (χ4v) is 2.57. The lowest BCUT2D eigenvalue weighted by Crippen LogP contribution is -2.44. The lowest BCUT2D eigenvalue weighted by atomic mass is 10.2. The van der Waals surface area contributed by atoms with Gasteiger partial charge >= 0.3 is 5.97 Å². The zero-order chi connectivity index (χ0) is 17.4. The van der Waals surface area contributed by atoms with Gasteiger partial charge in [0.15, 0.2) is 5.11 Å². The number of unbranched alkanes of at least 4 members (excludes halogenated alkanes) is 1. The van der Waals surface area contributed by atoms with Crippen molar-refractivity contribution >= 4 is 34.9 Å². The van der Waals surface area contributed by atoms with Crippen molar-refractivity contribution in [2.24, 2.45) is 0 Å². The second kappa shape index (κ2) is 9.34. The third-order valence-electron chi connectivity index (χ3n) is 3.72. The van der Waals surface area contributed by atoms with Crippen LogP contribution in [0.2, 0.25) is 0 Å². The van der Waals surface area contributed by atoms with Crippen LogP contribution >= 0.6 is 12.2 Å². The van der Waals surface area contributed by atoms with Gasteiger partial charge in [-0.05, 0) is 62.3 Å². The molecule has 7 heteroatoms. The van der Waals surface area contributed by atoms with Crippen molar-refractivity contribution in [2.75, 3.05) is 18.5 Å². The number of anilines is 1. The van der Waals surface area contributed by atoms with Crippen LogP contribution in [0, 0.1) is 0 Å². The zero-order valence-corrected chi connectivity index (χ0v) is 14.6. The molecule has 0 aliphatic carbocycles. The maximum atomic E-state index is 12.0. The van der Waals surface area contributed by atoms with Gasteiger partial charge in [-0.25, -0.2) is 4.79 Å². The van der Waals surface area contributed by atoms with Gasteiger partial charge in [0.1, 0.15) is 0 Å². The molecule has 3 N–H and O–H groups in total. The first-order valence-electron chi connectivity index (χ1n) is 8.22. The number of thiocarbonyl (C=S) groups is 1. The molecule has 1 aromatic carbocycles. The average Bonchev–Trinajstić information content (AvgIpc) is 3.10. The molecule has 130 valence electrons. The first-order valence-corrected chi connectivity index (χ1v) is 8.63. The summed E-state index contributed by atoms with van der Waals surface area (Å²) in [7, 11) is 0. The molecule has 0 saturated carbocycles. The van der Waals surface area contributed by atoms with Crippen molar-refractivity contribution in [3.63, 3.8) is 0 Å². The van der Waals surface area contributed by atoms with Crippen LogP contribution in [0.5, 0.6) is 0 Å². The van der Waals surface area contributed by atoms with Gasteiger partial charge in [0.2, 0.25) is 5.91 Å². The Kier molecular flexibility index (Phi) is 7.14. The molecule has 1 aliphatic rings. The molecule has 0 radical (unpaired) electrons. The van der Waals surface area contributed by atoms with E-state index >= 15 is 0 Å². The summed E-state index contributed by atoms with van der Waals surface area (Å²) in [6.07, 6.45) is 3.66. The van der Waals surface area contributed by atoms with Crippen LogP contribution in [0.4, 0.5) is 5.69 Å². The molecular weight excluding hydrogens is 326 g/mol. The Hall–Kier alpha value is -1.99. The predicted octanol–water partition coefficient (Wildman–Crippen LogP) is 2.21. The Labute approximate surface area is 147 Å². The average molecular weight is 349 g/mol. The zero-order valence-electron chi connectivity index (χ0n) is 13.8. The van der Waals surface area contributed by atoms with Crippen LogP contribution in [-0.2, 0) is 9.53 Å². The van der Waals surface area contributed by atoms with Crippen molar-refractivity contribution in [1.82, 2.24) is 10.6 Å². The molecule has 1 saturated heterocycles. The molecule has 1 fully saturated rings. The highest BCUT2D eigenvalue weighted by atomic mass is 32.1. The van der Waals surface area contributed by atoms with Gasteiger partial charge in [0.05, 0.1) is 18.2 Å². The number of hydrogen-bond acceptors (Lipinski definition) is 5. The number of rotatable bonds is 6. The Morgan fingerprint density at radius 2 is 2.08 bits per heavy atom. The Bertz CT molecular complexity index is 583. The Morgan fingerprint density at radius 3 is 2.71 bits per heavy atom. The second-order valence-corrected chi connectivity index (χ2v) is 6.07. The number of carbonyl (C=O) groups excluding carboxylic acids is 2. The van der Waals surface area contributed by atoms with E-state index in [-0.39, 0.29) is 23.0 Å². The highest BCUT2D eigenvalue weighted by molar-refractivity contribution is 7.80. The quantitative estimate of drug-likeness (QED) is 0.415. The lowest BCUT2D eigenvalue weighted by Gasteiger charge is -2.13. The molecule has 0 aromatic heterocycles. The summed E-state index contributed by atoms with van der Waals surface area (Å²) >= 11 is 5.14. The summed E-state index contributed by atoms with van der Waals surface area (Å²) in [6.45, 7) is 3.33. The van der Waals surface area contributed by atoms with E-state index < -0.39 is 0 Å². The lowest BCUT2D eigenvalue weighted by molar-refractivity contribution is -0.121. The van der Waals surface area contributed by atoms with Crippen LogP contribution < -0.4 is 16.0 Å². The minimum absolute atomic E-state index is 0.124. The highest BCUT2D eigenvalue weighted by Gasteiger charge is 2.22. The van der Waals surface area contributed by atoms with Crippen LogP contribution in [-0.4, -0.2) is 36.2 Å². The number of hydrogen-bond donors (Lipinski definition) is 3. The van der Waals surface area contributed by atoms with Crippen molar-refractivity contribution in [1.29, 1.82) is 0 Å². The van der Waals surface area contributed by atoms with E-state index in [1.807, 2.05) is 6.92 Å². The Balaban J connectivity index is 1.81. The standard InChI is InChI=1S/C17H23N3O3S/c1-2-3-11-23-16(22)12-6-8-13(9-7-12)19-17(24)20-15(21)14-5-4-10-18-14/h6-9,14,18H,2-5,10-11H2,1H3,(H2,19,20,21,24). The topological polar surface area (TPSA) is 79.5 Å². The van der Waals surface area contributed by atoms with E-state index in [0.29, 0.717) is 17.9 Å². The van der Waals surface area contributed by atoms with Crippen molar-refractivity contribution in [3.8, 4) is 0 Å².